The maximum absolute atomic E-state index is 12.1. The zero-order chi connectivity index (χ0) is 15.6. The van der Waals surface area contributed by atoms with Crippen molar-refractivity contribution in [2.75, 3.05) is 31.0 Å². The zero-order valence-corrected chi connectivity index (χ0v) is 13.4. The fraction of sp³-hybridized carbons (Fsp3) is 0.462. The van der Waals surface area contributed by atoms with Gasteiger partial charge in [-0.05, 0) is 18.6 Å². The van der Waals surface area contributed by atoms with Crippen molar-refractivity contribution in [1.29, 1.82) is 0 Å². The molecule has 116 valence electrons. The summed E-state index contributed by atoms with van der Waals surface area (Å²) in [5, 5.41) is 3.03. The van der Waals surface area contributed by atoms with Crippen LogP contribution >= 0.6 is 11.6 Å². The molecule has 1 N–H and O–H groups in total. The lowest BCUT2D eigenvalue weighted by Gasteiger charge is -2.24. The molecule has 0 unspecified atom stereocenters. The number of halogens is 1. The van der Waals surface area contributed by atoms with Crippen molar-refractivity contribution < 1.29 is 17.9 Å². The summed E-state index contributed by atoms with van der Waals surface area (Å²) in [7, 11) is 0.0793. The molecule has 0 spiro atoms. The molecule has 1 fully saturated rings. The van der Waals surface area contributed by atoms with Crippen molar-refractivity contribution >= 4 is 33.2 Å². The summed E-state index contributed by atoms with van der Waals surface area (Å²) >= 11 is 6.05. The molecule has 1 saturated heterocycles. The lowest BCUT2D eigenvalue weighted by Crippen LogP contribution is -2.40. The van der Waals surface area contributed by atoms with E-state index in [4.69, 9.17) is 16.3 Å². The summed E-state index contributed by atoms with van der Waals surface area (Å²) in [6.45, 7) is 0. The Kier molecular flexibility index (Phi) is 4.63. The predicted octanol–water partition coefficient (Wildman–Crippen LogP) is 2.00. The molecule has 2 amide bonds. The van der Waals surface area contributed by atoms with Crippen LogP contribution in [0.4, 0.5) is 10.5 Å². The third-order valence-electron chi connectivity index (χ3n) is 3.49. The number of urea groups is 1. The minimum atomic E-state index is -3.03. The highest BCUT2D eigenvalue weighted by atomic mass is 35.5. The Morgan fingerprint density at radius 1 is 1.48 bits per heavy atom. The van der Waals surface area contributed by atoms with E-state index >= 15 is 0 Å². The first-order valence-electron chi connectivity index (χ1n) is 6.40. The predicted molar refractivity (Wildman–Crippen MR) is 81.8 cm³/mol. The second kappa shape index (κ2) is 6.11. The highest BCUT2D eigenvalue weighted by Gasteiger charge is 2.32. The summed E-state index contributed by atoms with van der Waals surface area (Å²) in [4.78, 5) is 13.6. The van der Waals surface area contributed by atoms with Crippen LogP contribution in [0.25, 0.3) is 0 Å². The van der Waals surface area contributed by atoms with E-state index < -0.39 is 9.84 Å². The molecule has 1 aliphatic rings. The lowest BCUT2D eigenvalue weighted by atomic mass is 10.2. The largest absolute Gasteiger partial charge is 0.497 e. The third kappa shape index (κ3) is 3.79. The number of sulfone groups is 1. The summed E-state index contributed by atoms with van der Waals surface area (Å²) in [6, 6.07) is 4.23. The first-order valence-corrected chi connectivity index (χ1v) is 8.60. The molecule has 6 nitrogen and oxygen atoms in total. The van der Waals surface area contributed by atoms with Crippen LogP contribution in [0.15, 0.2) is 18.2 Å². The van der Waals surface area contributed by atoms with Crippen LogP contribution in [0.2, 0.25) is 5.02 Å². The molecule has 0 aliphatic carbocycles. The normalized spacial score (nSPS) is 20.0. The number of methoxy groups -OCH3 is 1. The van der Waals surface area contributed by atoms with Gasteiger partial charge in [-0.1, -0.05) is 11.6 Å². The summed E-state index contributed by atoms with van der Waals surface area (Å²) in [6.07, 6.45) is 0.461. The fourth-order valence-electron chi connectivity index (χ4n) is 2.17. The molecule has 1 aliphatic heterocycles. The summed E-state index contributed by atoms with van der Waals surface area (Å²) < 4.78 is 27.9. The molecule has 0 radical (unpaired) electrons. The van der Waals surface area contributed by atoms with E-state index in [1.54, 1.807) is 25.2 Å². The fourth-order valence-corrected chi connectivity index (χ4v) is 4.17. The van der Waals surface area contributed by atoms with Crippen LogP contribution in [0, 0.1) is 0 Å². The molecule has 0 saturated carbocycles. The Morgan fingerprint density at radius 3 is 2.71 bits per heavy atom. The van der Waals surface area contributed by atoms with Gasteiger partial charge in [-0.25, -0.2) is 13.2 Å². The van der Waals surface area contributed by atoms with E-state index in [9.17, 15) is 13.2 Å². The van der Waals surface area contributed by atoms with Crippen molar-refractivity contribution in [1.82, 2.24) is 4.90 Å². The van der Waals surface area contributed by atoms with Gasteiger partial charge in [0.2, 0.25) is 0 Å². The number of hydrogen-bond acceptors (Lipinski definition) is 4. The molecule has 0 aromatic heterocycles. The first-order chi connectivity index (χ1) is 9.82. The highest BCUT2D eigenvalue weighted by Crippen LogP contribution is 2.27. The van der Waals surface area contributed by atoms with Gasteiger partial charge in [-0.3, -0.25) is 0 Å². The Bertz CT molecular complexity index is 648. The maximum atomic E-state index is 12.1. The Morgan fingerprint density at radius 2 is 2.19 bits per heavy atom. The molecule has 1 heterocycles. The Labute approximate surface area is 128 Å². The van der Waals surface area contributed by atoms with Crippen LogP contribution in [0.1, 0.15) is 6.42 Å². The molecule has 0 bridgehead atoms. The number of nitrogens with zero attached hydrogens (tertiary/aromatic N) is 1. The number of carbonyl (C=O) groups is 1. The second-order valence-electron chi connectivity index (χ2n) is 4.94. The highest BCUT2D eigenvalue weighted by molar-refractivity contribution is 7.91. The van der Waals surface area contributed by atoms with Gasteiger partial charge >= 0.3 is 6.03 Å². The van der Waals surface area contributed by atoms with Crippen molar-refractivity contribution in [3.63, 3.8) is 0 Å². The van der Waals surface area contributed by atoms with Gasteiger partial charge < -0.3 is 15.0 Å². The number of rotatable bonds is 3. The van der Waals surface area contributed by atoms with Gasteiger partial charge in [0.25, 0.3) is 0 Å². The first kappa shape index (κ1) is 15.9. The average molecular weight is 333 g/mol. The second-order valence-corrected chi connectivity index (χ2v) is 7.58. The smallest absolute Gasteiger partial charge is 0.321 e. The summed E-state index contributed by atoms with van der Waals surface area (Å²) in [5.74, 6) is 0.722. The standard InChI is InChI=1S/C13H17ClN2O4S/c1-16(9-5-6-21(18,19)8-9)13(17)15-12-4-3-10(20-2)7-11(12)14/h3-4,7,9H,5-6,8H2,1-2H3,(H,15,17)/t9-/m0/s1. The molecule has 1 atom stereocenters. The number of ether oxygens (including phenoxy) is 1. The van der Waals surface area contributed by atoms with Gasteiger partial charge in [-0.2, -0.15) is 0 Å². The van der Waals surface area contributed by atoms with Crippen molar-refractivity contribution in [3.05, 3.63) is 23.2 Å². The van der Waals surface area contributed by atoms with Gasteiger partial charge in [0.05, 0.1) is 29.3 Å². The van der Waals surface area contributed by atoms with E-state index in [2.05, 4.69) is 5.32 Å². The lowest BCUT2D eigenvalue weighted by molar-refractivity contribution is 0.209. The van der Waals surface area contributed by atoms with Gasteiger partial charge in [0.1, 0.15) is 5.75 Å². The van der Waals surface area contributed by atoms with E-state index in [1.807, 2.05) is 0 Å². The zero-order valence-electron chi connectivity index (χ0n) is 11.8. The number of nitrogens with one attached hydrogen (secondary N) is 1. The number of hydrogen-bond donors (Lipinski definition) is 1. The van der Waals surface area contributed by atoms with Crippen molar-refractivity contribution in [3.8, 4) is 5.75 Å². The maximum Gasteiger partial charge on any atom is 0.321 e. The van der Waals surface area contributed by atoms with E-state index in [0.29, 0.717) is 22.9 Å². The molecule has 2 rings (SSSR count). The molecular formula is C13H17ClN2O4S. The van der Waals surface area contributed by atoms with Crippen LogP contribution < -0.4 is 10.1 Å². The van der Waals surface area contributed by atoms with Crippen LogP contribution in [-0.2, 0) is 9.84 Å². The molecule has 1 aromatic rings. The monoisotopic (exact) mass is 332 g/mol. The topological polar surface area (TPSA) is 75.7 Å². The van der Waals surface area contributed by atoms with Crippen LogP contribution in [0.5, 0.6) is 5.75 Å². The molecular weight excluding hydrogens is 316 g/mol. The number of carbonyl (C=O) groups excluding carboxylic acids is 1. The molecule has 1 aromatic carbocycles. The Balaban J connectivity index is 2.04. The van der Waals surface area contributed by atoms with Crippen molar-refractivity contribution in [2.45, 2.75) is 12.5 Å². The van der Waals surface area contributed by atoms with Gasteiger partial charge in [0.15, 0.2) is 9.84 Å². The van der Waals surface area contributed by atoms with Crippen LogP contribution in [-0.4, -0.2) is 51.1 Å². The van der Waals surface area contributed by atoms with E-state index in [-0.39, 0.29) is 23.6 Å². The Hall–Kier alpha value is -1.47. The van der Waals surface area contributed by atoms with Crippen molar-refractivity contribution in [2.24, 2.45) is 0 Å². The molecule has 21 heavy (non-hydrogen) atoms. The molecule has 8 heteroatoms. The van der Waals surface area contributed by atoms with Gasteiger partial charge in [-0.15, -0.1) is 0 Å². The minimum absolute atomic E-state index is 0.00721. The summed E-state index contributed by atoms with van der Waals surface area (Å²) in [5.41, 5.74) is 0.454. The minimum Gasteiger partial charge on any atom is -0.497 e. The van der Waals surface area contributed by atoms with Crippen LogP contribution in [0.3, 0.4) is 0 Å². The van der Waals surface area contributed by atoms with Gasteiger partial charge in [0, 0.05) is 19.2 Å². The van der Waals surface area contributed by atoms with E-state index in [1.165, 1.54) is 12.0 Å². The SMILES string of the molecule is COc1ccc(NC(=O)N(C)[C@H]2CCS(=O)(=O)C2)c(Cl)c1. The number of anilines is 1. The average Bonchev–Trinajstić information content (AvgIpc) is 2.80. The number of benzene rings is 1. The number of amides is 2. The quantitative estimate of drug-likeness (QED) is 0.918. The van der Waals surface area contributed by atoms with E-state index in [0.717, 1.165) is 0 Å². The third-order valence-corrected chi connectivity index (χ3v) is 5.56.